The summed E-state index contributed by atoms with van der Waals surface area (Å²) in [6.07, 6.45) is 0. The standard InChI is InChI=1S/C28H30FN5O4/c1-38-27-9-5-4-8-25(27)31-14-16-32(17-15-31)26-20-21(10-11-24(26)34(36)37)30-12-18-33(19-13-30)28(35)22-6-2-3-7-23(22)29/h2-11,20H,12-19H2,1H3. The summed E-state index contributed by atoms with van der Waals surface area (Å²) in [5.41, 5.74) is 2.63. The smallest absolute Gasteiger partial charge is 0.292 e. The number of para-hydroxylation sites is 2. The third-order valence-corrected chi connectivity index (χ3v) is 7.24. The van der Waals surface area contributed by atoms with Crippen LogP contribution >= 0.6 is 0 Å². The molecule has 1 amide bonds. The first kappa shape index (κ1) is 25.3. The van der Waals surface area contributed by atoms with Gasteiger partial charge in [0, 0.05) is 64.1 Å². The molecule has 2 aliphatic rings. The first-order chi connectivity index (χ1) is 18.5. The number of piperazine rings is 2. The molecule has 0 spiro atoms. The number of methoxy groups -OCH3 is 1. The number of hydrogen-bond acceptors (Lipinski definition) is 7. The number of rotatable bonds is 6. The van der Waals surface area contributed by atoms with Crippen molar-refractivity contribution in [3.63, 3.8) is 0 Å². The number of nitro groups is 1. The number of benzene rings is 3. The molecule has 0 aliphatic carbocycles. The normalized spacial score (nSPS) is 15.9. The molecule has 198 valence electrons. The van der Waals surface area contributed by atoms with Crippen molar-refractivity contribution >= 4 is 28.7 Å². The van der Waals surface area contributed by atoms with Gasteiger partial charge in [0.15, 0.2) is 0 Å². The van der Waals surface area contributed by atoms with Crippen LogP contribution in [0, 0.1) is 15.9 Å². The van der Waals surface area contributed by atoms with Crippen molar-refractivity contribution in [2.75, 3.05) is 74.2 Å². The Morgan fingerprint density at radius 2 is 1.42 bits per heavy atom. The molecule has 0 atom stereocenters. The zero-order valence-corrected chi connectivity index (χ0v) is 21.3. The molecule has 0 aromatic heterocycles. The number of halogens is 1. The maximum Gasteiger partial charge on any atom is 0.292 e. The highest BCUT2D eigenvalue weighted by molar-refractivity contribution is 5.94. The summed E-state index contributed by atoms with van der Waals surface area (Å²) in [6.45, 7) is 4.67. The molecule has 0 unspecified atom stereocenters. The summed E-state index contributed by atoms with van der Waals surface area (Å²) in [6, 6.07) is 19.1. The average Bonchev–Trinajstić information content (AvgIpc) is 2.97. The fraction of sp³-hybridized carbons (Fsp3) is 0.321. The second kappa shape index (κ2) is 11.0. The number of carbonyl (C=O) groups is 1. The van der Waals surface area contributed by atoms with E-state index in [9.17, 15) is 19.3 Å². The summed E-state index contributed by atoms with van der Waals surface area (Å²) in [5, 5.41) is 11.9. The average molecular weight is 520 g/mol. The molecule has 2 heterocycles. The van der Waals surface area contributed by atoms with E-state index >= 15 is 0 Å². The number of amides is 1. The molecular weight excluding hydrogens is 489 g/mol. The van der Waals surface area contributed by atoms with Gasteiger partial charge in [0.25, 0.3) is 11.6 Å². The highest BCUT2D eigenvalue weighted by Crippen LogP contribution is 2.35. The molecule has 0 saturated carbocycles. The molecule has 0 bridgehead atoms. The molecule has 9 nitrogen and oxygen atoms in total. The van der Waals surface area contributed by atoms with Gasteiger partial charge in [-0.3, -0.25) is 14.9 Å². The van der Waals surface area contributed by atoms with E-state index in [1.54, 1.807) is 36.3 Å². The molecule has 2 aliphatic heterocycles. The van der Waals surface area contributed by atoms with Crippen LogP contribution in [0.15, 0.2) is 66.7 Å². The Morgan fingerprint density at radius 3 is 2.08 bits per heavy atom. The number of carbonyl (C=O) groups excluding carboxylic acids is 1. The number of hydrogen-bond donors (Lipinski definition) is 0. The topological polar surface area (TPSA) is 82.4 Å². The van der Waals surface area contributed by atoms with E-state index in [1.807, 2.05) is 30.3 Å². The monoisotopic (exact) mass is 519 g/mol. The minimum atomic E-state index is -0.522. The van der Waals surface area contributed by atoms with Gasteiger partial charge in [0.2, 0.25) is 0 Å². The van der Waals surface area contributed by atoms with Crippen LogP contribution in [0.1, 0.15) is 10.4 Å². The quantitative estimate of drug-likeness (QED) is 0.359. The Morgan fingerprint density at radius 1 is 0.816 bits per heavy atom. The maximum atomic E-state index is 14.1. The summed E-state index contributed by atoms with van der Waals surface area (Å²) in [5.74, 6) is -0.0349. The van der Waals surface area contributed by atoms with Crippen molar-refractivity contribution in [3.8, 4) is 5.75 Å². The van der Waals surface area contributed by atoms with Crippen LogP contribution in [0.2, 0.25) is 0 Å². The number of anilines is 3. The molecule has 3 aromatic carbocycles. The molecule has 0 N–H and O–H groups in total. The van der Waals surface area contributed by atoms with Crippen LogP contribution in [-0.4, -0.2) is 75.2 Å². The molecule has 2 fully saturated rings. The predicted molar refractivity (Wildman–Crippen MR) is 145 cm³/mol. The minimum absolute atomic E-state index is 0.0748. The zero-order valence-electron chi connectivity index (χ0n) is 21.3. The van der Waals surface area contributed by atoms with Crippen LogP contribution in [0.5, 0.6) is 5.75 Å². The molecule has 38 heavy (non-hydrogen) atoms. The fourth-order valence-corrected chi connectivity index (χ4v) is 5.17. The molecule has 3 aromatic rings. The highest BCUT2D eigenvalue weighted by Gasteiger charge is 2.28. The van der Waals surface area contributed by atoms with Crippen molar-refractivity contribution in [2.45, 2.75) is 0 Å². The lowest BCUT2D eigenvalue weighted by Crippen LogP contribution is -2.49. The van der Waals surface area contributed by atoms with Gasteiger partial charge in [-0.1, -0.05) is 24.3 Å². The first-order valence-corrected chi connectivity index (χ1v) is 12.7. The summed E-state index contributed by atoms with van der Waals surface area (Å²) in [4.78, 5) is 32.4. The number of nitrogens with zero attached hydrogens (tertiary/aromatic N) is 5. The summed E-state index contributed by atoms with van der Waals surface area (Å²) in [7, 11) is 1.65. The predicted octanol–water partition coefficient (Wildman–Crippen LogP) is 4.03. The van der Waals surface area contributed by atoms with Gasteiger partial charge < -0.3 is 24.3 Å². The van der Waals surface area contributed by atoms with Gasteiger partial charge in [0.05, 0.1) is 23.3 Å². The van der Waals surface area contributed by atoms with Crippen LogP contribution < -0.4 is 19.4 Å². The van der Waals surface area contributed by atoms with E-state index in [2.05, 4.69) is 14.7 Å². The van der Waals surface area contributed by atoms with Crippen LogP contribution in [0.4, 0.5) is 27.1 Å². The summed E-state index contributed by atoms with van der Waals surface area (Å²) >= 11 is 0. The third-order valence-electron chi connectivity index (χ3n) is 7.24. The van der Waals surface area contributed by atoms with E-state index in [-0.39, 0.29) is 22.1 Å². The Hall–Kier alpha value is -4.34. The largest absolute Gasteiger partial charge is 0.495 e. The number of ether oxygens (including phenoxy) is 1. The Kier molecular flexibility index (Phi) is 7.30. The summed E-state index contributed by atoms with van der Waals surface area (Å²) < 4.78 is 19.6. The first-order valence-electron chi connectivity index (χ1n) is 12.7. The Labute approximate surface area is 220 Å². The maximum absolute atomic E-state index is 14.1. The Bertz CT molecular complexity index is 1320. The van der Waals surface area contributed by atoms with Crippen LogP contribution in [0.3, 0.4) is 0 Å². The zero-order chi connectivity index (χ0) is 26.6. The van der Waals surface area contributed by atoms with E-state index in [0.717, 1.165) is 17.1 Å². The molecule has 10 heteroatoms. The van der Waals surface area contributed by atoms with Gasteiger partial charge in [0.1, 0.15) is 17.3 Å². The van der Waals surface area contributed by atoms with E-state index in [0.29, 0.717) is 58.0 Å². The third kappa shape index (κ3) is 5.06. The van der Waals surface area contributed by atoms with Crippen LogP contribution in [0.25, 0.3) is 0 Å². The van der Waals surface area contributed by atoms with Gasteiger partial charge in [-0.15, -0.1) is 0 Å². The second-order valence-corrected chi connectivity index (χ2v) is 9.34. The van der Waals surface area contributed by atoms with Gasteiger partial charge in [-0.25, -0.2) is 4.39 Å². The van der Waals surface area contributed by atoms with Crippen molar-refractivity contribution in [2.24, 2.45) is 0 Å². The van der Waals surface area contributed by atoms with Gasteiger partial charge >= 0.3 is 0 Å². The van der Waals surface area contributed by atoms with Crippen molar-refractivity contribution in [3.05, 3.63) is 88.2 Å². The number of nitro benzene ring substituents is 1. The van der Waals surface area contributed by atoms with Crippen LogP contribution in [-0.2, 0) is 0 Å². The van der Waals surface area contributed by atoms with Gasteiger partial charge in [-0.05, 0) is 36.4 Å². The lowest BCUT2D eigenvalue weighted by Gasteiger charge is -2.39. The highest BCUT2D eigenvalue weighted by atomic mass is 19.1. The molecule has 5 rings (SSSR count). The lowest BCUT2D eigenvalue weighted by molar-refractivity contribution is -0.384. The molecule has 2 saturated heterocycles. The Balaban J connectivity index is 1.28. The van der Waals surface area contributed by atoms with Crippen molar-refractivity contribution in [1.82, 2.24) is 4.90 Å². The van der Waals surface area contributed by atoms with E-state index < -0.39 is 5.82 Å². The van der Waals surface area contributed by atoms with Crippen molar-refractivity contribution < 1.29 is 18.8 Å². The SMILES string of the molecule is COc1ccccc1N1CCN(c2cc(N3CCN(C(=O)c4ccccc4F)CC3)ccc2[N+](=O)[O-])CC1. The van der Waals surface area contributed by atoms with E-state index in [4.69, 9.17) is 4.74 Å². The molecule has 0 radical (unpaired) electrons. The molecular formula is C28H30FN5O4. The lowest BCUT2D eigenvalue weighted by atomic mass is 10.1. The minimum Gasteiger partial charge on any atom is -0.495 e. The fourth-order valence-electron chi connectivity index (χ4n) is 5.17. The van der Waals surface area contributed by atoms with Crippen molar-refractivity contribution in [1.29, 1.82) is 0 Å². The van der Waals surface area contributed by atoms with Gasteiger partial charge in [-0.2, -0.15) is 0 Å². The second-order valence-electron chi connectivity index (χ2n) is 9.34. The van der Waals surface area contributed by atoms with E-state index in [1.165, 1.54) is 12.1 Å².